The molecule has 0 radical (unpaired) electrons. The minimum absolute atomic E-state index is 0.332. The van der Waals surface area contributed by atoms with Crippen LogP contribution in [0.4, 0.5) is 0 Å². The van der Waals surface area contributed by atoms with Gasteiger partial charge in [0.1, 0.15) is 4.60 Å². The molecule has 0 aliphatic carbocycles. The summed E-state index contributed by atoms with van der Waals surface area (Å²) in [5.41, 5.74) is 1.81. The largest absolute Gasteiger partial charge is 0.270 e. The van der Waals surface area contributed by atoms with Gasteiger partial charge < -0.3 is 0 Å². The van der Waals surface area contributed by atoms with Gasteiger partial charge in [0.05, 0.1) is 12.1 Å². The number of aromatic amines is 1. The lowest BCUT2D eigenvalue weighted by molar-refractivity contribution is 0.563. The Hall–Kier alpha value is -1.45. The quantitative estimate of drug-likeness (QED) is 0.657. The highest BCUT2D eigenvalue weighted by Crippen LogP contribution is 2.24. The van der Waals surface area contributed by atoms with Crippen LogP contribution in [-0.2, 0) is 11.3 Å². The van der Waals surface area contributed by atoms with Crippen molar-refractivity contribution in [2.24, 2.45) is 4.99 Å². The molecule has 14 heavy (non-hydrogen) atoms. The number of nitrogens with one attached hydrogen (secondary N) is 1. The summed E-state index contributed by atoms with van der Waals surface area (Å²) in [6.45, 7) is 0.332. The van der Waals surface area contributed by atoms with Gasteiger partial charge in [-0.05, 0) is 27.6 Å². The minimum Gasteiger partial charge on any atom is -0.270 e. The van der Waals surface area contributed by atoms with Crippen molar-refractivity contribution in [3.8, 4) is 0 Å². The smallest absolute Gasteiger partial charge is 0.235 e. The molecule has 2 rings (SSSR count). The Bertz CT molecular complexity index is 514. The first-order chi connectivity index (χ1) is 6.83. The zero-order valence-corrected chi connectivity index (χ0v) is 8.71. The van der Waals surface area contributed by atoms with Crippen LogP contribution in [0, 0.1) is 0 Å². The van der Waals surface area contributed by atoms with Crippen molar-refractivity contribution >= 4 is 32.9 Å². The van der Waals surface area contributed by atoms with Crippen LogP contribution >= 0.6 is 15.9 Å². The fourth-order valence-corrected chi connectivity index (χ4v) is 1.89. The van der Waals surface area contributed by atoms with E-state index >= 15 is 0 Å². The molecule has 0 atom stereocenters. The van der Waals surface area contributed by atoms with Crippen molar-refractivity contribution in [1.82, 2.24) is 10.2 Å². The van der Waals surface area contributed by atoms with Crippen molar-refractivity contribution in [3.63, 3.8) is 0 Å². The minimum atomic E-state index is 0.332. The molecule has 0 unspecified atom stereocenters. The molecule has 0 amide bonds. The lowest BCUT2D eigenvalue weighted by Gasteiger charge is -1.96. The van der Waals surface area contributed by atoms with Gasteiger partial charge in [0.15, 0.2) is 0 Å². The number of hydrogen-bond acceptors (Lipinski definition) is 3. The monoisotopic (exact) mass is 251 g/mol. The van der Waals surface area contributed by atoms with Crippen LogP contribution in [0.25, 0.3) is 10.9 Å². The van der Waals surface area contributed by atoms with Crippen LogP contribution in [0.5, 0.6) is 0 Å². The number of carbonyl (C=O) groups excluding carboxylic acids is 1. The maximum atomic E-state index is 10.0. The second kappa shape index (κ2) is 3.74. The van der Waals surface area contributed by atoms with E-state index < -0.39 is 0 Å². The maximum Gasteiger partial charge on any atom is 0.235 e. The Morgan fingerprint density at radius 1 is 1.57 bits per heavy atom. The summed E-state index contributed by atoms with van der Waals surface area (Å²) < 4.78 is 0.809. The topological polar surface area (TPSA) is 58.1 Å². The molecule has 1 aromatic heterocycles. The van der Waals surface area contributed by atoms with Crippen LogP contribution in [0.15, 0.2) is 27.8 Å². The average molecular weight is 252 g/mol. The van der Waals surface area contributed by atoms with E-state index in [1.54, 1.807) is 0 Å². The van der Waals surface area contributed by atoms with Gasteiger partial charge in [0, 0.05) is 5.39 Å². The van der Waals surface area contributed by atoms with E-state index in [1.807, 2.05) is 18.2 Å². The summed E-state index contributed by atoms with van der Waals surface area (Å²) in [5.74, 6) is 0. The van der Waals surface area contributed by atoms with Crippen LogP contribution < -0.4 is 0 Å². The fraction of sp³-hybridized carbons (Fsp3) is 0.111. The third-order valence-electron chi connectivity index (χ3n) is 1.94. The lowest BCUT2D eigenvalue weighted by atomic mass is 10.1. The van der Waals surface area contributed by atoms with Gasteiger partial charge in [-0.3, -0.25) is 5.10 Å². The molecule has 0 saturated heterocycles. The summed E-state index contributed by atoms with van der Waals surface area (Å²) >= 11 is 3.35. The number of aliphatic imine (C=N–C) groups is 1. The van der Waals surface area contributed by atoms with Crippen molar-refractivity contribution in [2.75, 3.05) is 0 Å². The van der Waals surface area contributed by atoms with Crippen molar-refractivity contribution in [3.05, 3.63) is 28.4 Å². The Balaban J connectivity index is 2.62. The highest BCUT2D eigenvalue weighted by atomic mass is 79.9. The third kappa shape index (κ3) is 1.47. The number of fused-ring (bicyclic) bond motifs is 1. The van der Waals surface area contributed by atoms with Crippen molar-refractivity contribution in [2.45, 2.75) is 6.54 Å². The van der Waals surface area contributed by atoms with E-state index in [2.05, 4.69) is 31.1 Å². The molecule has 4 nitrogen and oxygen atoms in total. The summed E-state index contributed by atoms with van der Waals surface area (Å²) in [7, 11) is 0. The standard InChI is InChI=1S/C9H6BrN3O/c10-9-8-6(4-11-5-14)2-1-3-7(8)12-13-9/h1-3H,4H2,(H,12,13). The zero-order chi connectivity index (χ0) is 9.97. The van der Waals surface area contributed by atoms with E-state index in [0.29, 0.717) is 6.54 Å². The molecular weight excluding hydrogens is 246 g/mol. The van der Waals surface area contributed by atoms with Gasteiger partial charge in [-0.25, -0.2) is 9.79 Å². The number of halogens is 1. The van der Waals surface area contributed by atoms with E-state index in [4.69, 9.17) is 0 Å². The third-order valence-corrected chi connectivity index (χ3v) is 2.51. The molecule has 0 aliphatic heterocycles. The highest BCUT2D eigenvalue weighted by molar-refractivity contribution is 9.10. The number of nitrogens with zero attached hydrogens (tertiary/aromatic N) is 2. The van der Waals surface area contributed by atoms with Crippen LogP contribution in [0.1, 0.15) is 5.56 Å². The summed E-state index contributed by atoms with van der Waals surface area (Å²) in [5, 5.41) is 7.86. The normalized spacial score (nSPS) is 10.1. The van der Waals surface area contributed by atoms with Crippen LogP contribution in [0.2, 0.25) is 0 Å². The molecule has 1 heterocycles. The first-order valence-electron chi connectivity index (χ1n) is 3.98. The molecule has 0 fully saturated rings. The van der Waals surface area contributed by atoms with Gasteiger partial charge in [-0.2, -0.15) is 5.10 Å². The number of benzene rings is 1. The van der Waals surface area contributed by atoms with E-state index in [1.165, 1.54) is 6.08 Å². The summed E-state index contributed by atoms with van der Waals surface area (Å²) in [6, 6.07) is 5.68. The van der Waals surface area contributed by atoms with Crippen LogP contribution in [0.3, 0.4) is 0 Å². The maximum absolute atomic E-state index is 10.0. The second-order valence-corrected chi connectivity index (χ2v) is 3.55. The number of rotatable bonds is 2. The predicted octanol–water partition coefficient (Wildman–Crippen LogP) is 2.16. The van der Waals surface area contributed by atoms with Gasteiger partial charge in [-0.1, -0.05) is 12.1 Å². The molecule has 70 valence electrons. The summed E-state index contributed by atoms with van der Waals surface area (Å²) in [6.07, 6.45) is 1.52. The molecule has 5 heteroatoms. The lowest BCUT2D eigenvalue weighted by Crippen LogP contribution is -1.82. The van der Waals surface area contributed by atoms with Gasteiger partial charge >= 0.3 is 0 Å². The molecular formula is C9H6BrN3O. The van der Waals surface area contributed by atoms with Crippen molar-refractivity contribution in [1.29, 1.82) is 0 Å². The van der Waals surface area contributed by atoms with E-state index in [-0.39, 0.29) is 0 Å². The average Bonchev–Trinajstić information content (AvgIpc) is 2.58. The number of hydrogen-bond donors (Lipinski definition) is 1. The van der Waals surface area contributed by atoms with Gasteiger partial charge in [0.2, 0.25) is 6.08 Å². The zero-order valence-electron chi connectivity index (χ0n) is 7.12. The Kier molecular flexibility index (Phi) is 2.43. The fourth-order valence-electron chi connectivity index (χ4n) is 1.35. The highest BCUT2D eigenvalue weighted by Gasteiger charge is 2.06. The Labute approximate surface area is 88.2 Å². The van der Waals surface area contributed by atoms with E-state index in [0.717, 1.165) is 21.1 Å². The first-order valence-corrected chi connectivity index (χ1v) is 4.77. The molecule has 0 bridgehead atoms. The Morgan fingerprint density at radius 3 is 3.21 bits per heavy atom. The molecule has 1 N–H and O–H groups in total. The number of isocyanates is 1. The molecule has 0 aliphatic rings. The van der Waals surface area contributed by atoms with Crippen LogP contribution in [-0.4, -0.2) is 16.3 Å². The summed E-state index contributed by atoms with van der Waals surface area (Å²) in [4.78, 5) is 13.6. The SMILES string of the molecule is O=C=NCc1cccc2n[nH]c(Br)c12. The van der Waals surface area contributed by atoms with Gasteiger partial charge in [0.25, 0.3) is 0 Å². The van der Waals surface area contributed by atoms with E-state index in [9.17, 15) is 4.79 Å². The predicted molar refractivity (Wildman–Crippen MR) is 55.6 cm³/mol. The molecule has 0 saturated carbocycles. The van der Waals surface area contributed by atoms with Gasteiger partial charge in [-0.15, -0.1) is 0 Å². The first kappa shape index (κ1) is 9.12. The molecule has 0 spiro atoms. The molecule has 2 aromatic rings. The van der Waals surface area contributed by atoms with Crippen molar-refractivity contribution < 1.29 is 4.79 Å². The number of H-pyrrole nitrogens is 1. The Morgan fingerprint density at radius 2 is 2.43 bits per heavy atom. The second-order valence-electron chi connectivity index (χ2n) is 2.76. The number of aromatic nitrogens is 2. The molecule has 1 aromatic carbocycles.